The van der Waals surface area contributed by atoms with Crippen LogP contribution in [0.2, 0.25) is 0 Å². The number of anilines is 1. The molecule has 0 spiro atoms. The summed E-state index contributed by atoms with van der Waals surface area (Å²) in [5.41, 5.74) is 10.1. The molecule has 1 heterocycles. The molecule has 0 amide bonds. The summed E-state index contributed by atoms with van der Waals surface area (Å²) in [6.45, 7) is 8.52. The van der Waals surface area contributed by atoms with Gasteiger partial charge in [-0.05, 0) is 42.5 Å². The van der Waals surface area contributed by atoms with Crippen molar-refractivity contribution < 1.29 is 4.74 Å². The average molecular weight is 273 g/mol. The molecule has 0 unspecified atom stereocenters. The Bertz CT molecular complexity index is 614. The van der Waals surface area contributed by atoms with Gasteiger partial charge in [0.25, 0.3) is 0 Å². The third-order valence-electron chi connectivity index (χ3n) is 3.52. The van der Waals surface area contributed by atoms with E-state index in [2.05, 4.69) is 31.9 Å². The number of benzene rings is 1. The van der Waals surface area contributed by atoms with Crippen LogP contribution in [0.1, 0.15) is 43.5 Å². The minimum atomic E-state index is 0.512. The third-order valence-corrected chi connectivity index (χ3v) is 3.52. The highest BCUT2D eigenvalue weighted by atomic mass is 16.5. The maximum atomic E-state index is 6.07. The zero-order chi connectivity index (χ0) is 14.9. The first kappa shape index (κ1) is 14.4. The number of aryl methyl sites for hydroxylation is 3. The molecule has 0 aliphatic heterocycles. The van der Waals surface area contributed by atoms with E-state index < -0.39 is 0 Å². The summed E-state index contributed by atoms with van der Waals surface area (Å²) in [7, 11) is 1.85. The Morgan fingerprint density at radius 3 is 2.55 bits per heavy atom. The van der Waals surface area contributed by atoms with Crippen molar-refractivity contribution in [3.8, 4) is 11.6 Å². The first-order valence-electron chi connectivity index (χ1n) is 7.03. The first-order valence-corrected chi connectivity index (χ1v) is 7.03. The van der Waals surface area contributed by atoms with Gasteiger partial charge in [-0.15, -0.1) is 0 Å². The molecule has 4 heteroatoms. The van der Waals surface area contributed by atoms with Crippen LogP contribution in [0.4, 0.5) is 5.69 Å². The van der Waals surface area contributed by atoms with Crippen LogP contribution in [0.3, 0.4) is 0 Å². The highest BCUT2D eigenvalue weighted by molar-refractivity contribution is 5.54. The second-order valence-electron chi connectivity index (χ2n) is 5.42. The van der Waals surface area contributed by atoms with Crippen LogP contribution in [-0.4, -0.2) is 9.78 Å². The summed E-state index contributed by atoms with van der Waals surface area (Å²) in [6, 6.07) is 6.15. The molecule has 0 aliphatic rings. The Morgan fingerprint density at radius 2 is 2.05 bits per heavy atom. The van der Waals surface area contributed by atoms with Crippen molar-refractivity contribution in [2.75, 3.05) is 5.73 Å². The van der Waals surface area contributed by atoms with E-state index in [0.29, 0.717) is 17.5 Å². The molecular formula is C16H23N3O. The van der Waals surface area contributed by atoms with Crippen LogP contribution in [0.5, 0.6) is 11.6 Å². The van der Waals surface area contributed by atoms with Gasteiger partial charge in [-0.1, -0.05) is 26.8 Å². The Hall–Kier alpha value is -1.97. The second kappa shape index (κ2) is 5.57. The number of rotatable bonds is 4. The molecule has 0 bridgehead atoms. The van der Waals surface area contributed by atoms with Gasteiger partial charge < -0.3 is 10.5 Å². The Labute approximate surface area is 120 Å². The quantitative estimate of drug-likeness (QED) is 0.922. The topological polar surface area (TPSA) is 53.1 Å². The molecule has 1 aromatic carbocycles. The molecule has 108 valence electrons. The van der Waals surface area contributed by atoms with Crippen LogP contribution >= 0.6 is 0 Å². The largest absolute Gasteiger partial charge is 0.437 e. The molecule has 0 radical (unpaired) electrons. The minimum absolute atomic E-state index is 0.512. The van der Waals surface area contributed by atoms with Crippen LogP contribution in [0.15, 0.2) is 18.2 Å². The number of nitrogen functional groups attached to an aromatic ring is 1. The molecule has 2 rings (SSSR count). The molecule has 4 nitrogen and oxygen atoms in total. The Balaban J connectivity index is 2.31. The molecule has 1 aromatic heterocycles. The van der Waals surface area contributed by atoms with Crippen LogP contribution in [0.25, 0.3) is 0 Å². The third kappa shape index (κ3) is 2.64. The number of nitrogens with two attached hydrogens (primary N) is 1. The standard InChI is InChI=1S/C16H23N3O/c1-6-14-15(17)16(19(5)18-14)20-12-7-8-13(10(2)3)11(4)9-12/h7-10H,6,17H2,1-5H3. The van der Waals surface area contributed by atoms with Gasteiger partial charge in [-0.25, -0.2) is 4.68 Å². The fourth-order valence-electron chi connectivity index (χ4n) is 2.43. The zero-order valence-electron chi connectivity index (χ0n) is 12.9. The summed E-state index contributed by atoms with van der Waals surface area (Å²) >= 11 is 0. The number of ether oxygens (including phenoxy) is 1. The van der Waals surface area contributed by atoms with Gasteiger partial charge in [0.05, 0.1) is 5.69 Å². The Kier molecular flexibility index (Phi) is 4.02. The number of hydrogen-bond acceptors (Lipinski definition) is 3. The van der Waals surface area contributed by atoms with Gasteiger partial charge in [0.2, 0.25) is 5.88 Å². The molecule has 2 aromatic rings. The van der Waals surface area contributed by atoms with Gasteiger partial charge in [-0.3, -0.25) is 0 Å². The molecule has 2 N–H and O–H groups in total. The van der Waals surface area contributed by atoms with E-state index in [1.54, 1.807) is 4.68 Å². The summed E-state index contributed by atoms with van der Waals surface area (Å²) in [5.74, 6) is 1.92. The number of aromatic nitrogens is 2. The zero-order valence-corrected chi connectivity index (χ0v) is 12.9. The molecule has 0 atom stereocenters. The van der Waals surface area contributed by atoms with E-state index in [1.165, 1.54) is 11.1 Å². The van der Waals surface area contributed by atoms with Crippen molar-refractivity contribution >= 4 is 5.69 Å². The van der Waals surface area contributed by atoms with E-state index in [1.807, 2.05) is 26.1 Å². The highest BCUT2D eigenvalue weighted by Gasteiger charge is 2.14. The van der Waals surface area contributed by atoms with Gasteiger partial charge in [-0.2, -0.15) is 5.10 Å². The van der Waals surface area contributed by atoms with Crippen molar-refractivity contribution in [2.24, 2.45) is 7.05 Å². The molecular weight excluding hydrogens is 250 g/mol. The lowest BCUT2D eigenvalue weighted by molar-refractivity contribution is 0.432. The lowest BCUT2D eigenvalue weighted by Gasteiger charge is -2.12. The summed E-state index contributed by atoms with van der Waals surface area (Å²) < 4.78 is 7.61. The van der Waals surface area contributed by atoms with E-state index in [-0.39, 0.29) is 0 Å². The van der Waals surface area contributed by atoms with Crippen LogP contribution in [-0.2, 0) is 13.5 Å². The minimum Gasteiger partial charge on any atom is -0.437 e. The van der Waals surface area contributed by atoms with Crippen molar-refractivity contribution in [1.82, 2.24) is 9.78 Å². The fourth-order valence-corrected chi connectivity index (χ4v) is 2.43. The smallest absolute Gasteiger partial charge is 0.241 e. The van der Waals surface area contributed by atoms with Gasteiger partial charge in [0, 0.05) is 7.05 Å². The maximum Gasteiger partial charge on any atom is 0.241 e. The van der Waals surface area contributed by atoms with E-state index >= 15 is 0 Å². The van der Waals surface area contributed by atoms with Crippen LogP contribution in [0, 0.1) is 6.92 Å². The summed E-state index contributed by atoms with van der Waals surface area (Å²) in [4.78, 5) is 0. The van der Waals surface area contributed by atoms with Gasteiger partial charge in [0.15, 0.2) is 0 Å². The second-order valence-corrected chi connectivity index (χ2v) is 5.42. The van der Waals surface area contributed by atoms with E-state index in [9.17, 15) is 0 Å². The molecule has 0 saturated carbocycles. The van der Waals surface area contributed by atoms with Crippen molar-refractivity contribution in [3.63, 3.8) is 0 Å². The SMILES string of the molecule is CCc1nn(C)c(Oc2ccc(C(C)C)c(C)c2)c1N. The highest BCUT2D eigenvalue weighted by Crippen LogP contribution is 2.31. The summed E-state index contributed by atoms with van der Waals surface area (Å²) in [6.07, 6.45) is 0.800. The molecule has 20 heavy (non-hydrogen) atoms. The molecule has 0 saturated heterocycles. The lowest BCUT2D eigenvalue weighted by atomic mass is 9.98. The Morgan fingerprint density at radius 1 is 1.35 bits per heavy atom. The fraction of sp³-hybridized carbons (Fsp3) is 0.438. The summed E-state index contributed by atoms with van der Waals surface area (Å²) in [5, 5.41) is 4.36. The van der Waals surface area contributed by atoms with Crippen molar-refractivity contribution in [3.05, 3.63) is 35.0 Å². The van der Waals surface area contributed by atoms with Crippen LogP contribution < -0.4 is 10.5 Å². The molecule has 0 fully saturated rings. The van der Waals surface area contributed by atoms with Crippen molar-refractivity contribution in [1.29, 1.82) is 0 Å². The lowest BCUT2D eigenvalue weighted by Crippen LogP contribution is -1.98. The monoisotopic (exact) mass is 273 g/mol. The predicted octanol–water partition coefficient (Wildman–Crippen LogP) is 3.79. The van der Waals surface area contributed by atoms with E-state index in [0.717, 1.165) is 17.9 Å². The van der Waals surface area contributed by atoms with E-state index in [4.69, 9.17) is 10.5 Å². The normalized spacial score (nSPS) is 11.1. The van der Waals surface area contributed by atoms with Crippen molar-refractivity contribution in [2.45, 2.75) is 40.0 Å². The predicted molar refractivity (Wildman–Crippen MR) is 82.3 cm³/mol. The number of nitrogens with zero attached hydrogens (tertiary/aromatic N) is 2. The number of hydrogen-bond donors (Lipinski definition) is 1. The maximum absolute atomic E-state index is 6.07. The molecule has 0 aliphatic carbocycles. The average Bonchev–Trinajstić information content (AvgIpc) is 2.66. The van der Waals surface area contributed by atoms with Gasteiger partial charge in [0.1, 0.15) is 11.4 Å². The van der Waals surface area contributed by atoms with Gasteiger partial charge >= 0.3 is 0 Å². The first-order chi connectivity index (χ1) is 9.43.